The van der Waals surface area contributed by atoms with Gasteiger partial charge in [-0.1, -0.05) is 6.92 Å². The quantitative estimate of drug-likeness (QED) is 0.481. The number of carbonyl (C=O) groups excluding carboxylic acids is 2. The summed E-state index contributed by atoms with van der Waals surface area (Å²) in [5.74, 6) is -0.584. The number of benzene rings is 1. The predicted molar refractivity (Wildman–Crippen MR) is 102 cm³/mol. The van der Waals surface area contributed by atoms with Gasteiger partial charge < -0.3 is 15.0 Å². The monoisotopic (exact) mass is 377 g/mol. The number of carbonyl (C=O) groups is 2. The highest BCUT2D eigenvalue weighted by Gasteiger charge is 2.25. The van der Waals surface area contributed by atoms with Crippen LogP contribution in [0.2, 0.25) is 0 Å². The van der Waals surface area contributed by atoms with E-state index >= 15 is 0 Å². The first kappa shape index (κ1) is 20.7. The van der Waals surface area contributed by atoms with Gasteiger partial charge in [0.1, 0.15) is 5.69 Å². The standard InChI is InChI=1S/C19H27N3O5/c1-13-7-9-21(10-8-13)15-6-5-14(11-16(15)22(25)26)18(24)27-12-17(23)20-19(2,3)4/h5-6,11,13H,7-10,12H2,1-4H3,(H,20,23). The second-order valence-corrected chi connectivity index (χ2v) is 8.00. The minimum atomic E-state index is -0.763. The van der Waals surface area contributed by atoms with Gasteiger partial charge in [-0.15, -0.1) is 0 Å². The van der Waals surface area contributed by atoms with Gasteiger partial charge in [-0.25, -0.2) is 4.79 Å². The van der Waals surface area contributed by atoms with Crippen molar-refractivity contribution in [2.24, 2.45) is 5.92 Å². The van der Waals surface area contributed by atoms with E-state index in [4.69, 9.17) is 4.74 Å². The summed E-state index contributed by atoms with van der Waals surface area (Å²) in [6.07, 6.45) is 1.95. The van der Waals surface area contributed by atoms with Crippen LogP contribution in [-0.2, 0) is 9.53 Å². The van der Waals surface area contributed by atoms with Crippen LogP contribution in [-0.4, -0.2) is 42.0 Å². The molecule has 0 saturated carbocycles. The summed E-state index contributed by atoms with van der Waals surface area (Å²) < 4.78 is 4.98. The van der Waals surface area contributed by atoms with Crippen molar-refractivity contribution in [3.63, 3.8) is 0 Å². The minimum Gasteiger partial charge on any atom is -0.452 e. The highest BCUT2D eigenvalue weighted by atomic mass is 16.6. The number of esters is 1. The molecule has 0 spiro atoms. The lowest BCUT2D eigenvalue weighted by Gasteiger charge is -2.31. The molecule has 1 fully saturated rings. The van der Waals surface area contributed by atoms with Crippen molar-refractivity contribution in [3.05, 3.63) is 33.9 Å². The molecule has 27 heavy (non-hydrogen) atoms. The van der Waals surface area contributed by atoms with Crippen LogP contribution < -0.4 is 10.2 Å². The van der Waals surface area contributed by atoms with Crippen molar-refractivity contribution in [2.45, 2.75) is 46.1 Å². The molecular formula is C19H27N3O5. The van der Waals surface area contributed by atoms with E-state index in [1.54, 1.807) is 6.07 Å². The van der Waals surface area contributed by atoms with Gasteiger partial charge in [-0.05, 0) is 51.7 Å². The van der Waals surface area contributed by atoms with Crippen LogP contribution in [0.1, 0.15) is 50.9 Å². The maximum Gasteiger partial charge on any atom is 0.338 e. The molecule has 0 aliphatic carbocycles. The number of hydrogen-bond donors (Lipinski definition) is 1. The first-order chi connectivity index (χ1) is 12.6. The van der Waals surface area contributed by atoms with Crippen molar-refractivity contribution in [3.8, 4) is 0 Å². The highest BCUT2D eigenvalue weighted by molar-refractivity contribution is 5.93. The Bertz CT molecular complexity index is 719. The molecule has 0 bridgehead atoms. The molecular weight excluding hydrogens is 350 g/mol. The number of piperidine rings is 1. The molecule has 0 unspecified atom stereocenters. The zero-order chi connectivity index (χ0) is 20.2. The van der Waals surface area contributed by atoms with Crippen molar-refractivity contribution in [1.82, 2.24) is 5.32 Å². The van der Waals surface area contributed by atoms with Gasteiger partial charge in [-0.3, -0.25) is 14.9 Å². The van der Waals surface area contributed by atoms with Gasteiger partial charge in [0, 0.05) is 24.7 Å². The van der Waals surface area contributed by atoms with E-state index in [9.17, 15) is 19.7 Å². The van der Waals surface area contributed by atoms with Crippen molar-refractivity contribution >= 4 is 23.3 Å². The van der Waals surface area contributed by atoms with E-state index in [0.717, 1.165) is 25.9 Å². The van der Waals surface area contributed by atoms with Gasteiger partial charge in [0.05, 0.1) is 10.5 Å². The molecule has 1 amide bonds. The summed E-state index contributed by atoms with van der Waals surface area (Å²) in [6.45, 7) is 8.68. The molecule has 0 aromatic heterocycles. The normalized spacial score (nSPS) is 15.3. The first-order valence-corrected chi connectivity index (χ1v) is 9.08. The SMILES string of the molecule is CC1CCN(c2ccc(C(=O)OCC(=O)NC(C)(C)C)cc2[N+](=O)[O-])CC1. The number of nitrogens with one attached hydrogen (secondary N) is 1. The van der Waals surface area contributed by atoms with Crippen LogP contribution in [0.4, 0.5) is 11.4 Å². The number of amides is 1. The fourth-order valence-corrected chi connectivity index (χ4v) is 2.98. The highest BCUT2D eigenvalue weighted by Crippen LogP contribution is 2.32. The molecule has 2 rings (SSSR count). The summed E-state index contributed by atoms with van der Waals surface area (Å²) in [7, 11) is 0. The van der Waals surface area contributed by atoms with Gasteiger partial charge in [-0.2, -0.15) is 0 Å². The Hall–Kier alpha value is -2.64. The van der Waals surface area contributed by atoms with Gasteiger partial charge >= 0.3 is 5.97 Å². The maximum atomic E-state index is 12.2. The molecule has 8 heteroatoms. The van der Waals surface area contributed by atoms with Crippen LogP contribution in [0.5, 0.6) is 0 Å². The van der Waals surface area contributed by atoms with Gasteiger partial charge in [0.25, 0.3) is 11.6 Å². The lowest BCUT2D eigenvalue weighted by molar-refractivity contribution is -0.384. The van der Waals surface area contributed by atoms with Gasteiger partial charge in [0.2, 0.25) is 0 Å². The lowest BCUT2D eigenvalue weighted by Crippen LogP contribution is -2.42. The molecule has 1 aliphatic heterocycles. The summed E-state index contributed by atoms with van der Waals surface area (Å²) in [5.41, 5.74) is 0.00188. The Morgan fingerprint density at radius 1 is 1.30 bits per heavy atom. The van der Waals surface area contributed by atoms with Crippen LogP contribution in [0, 0.1) is 16.0 Å². The maximum absolute atomic E-state index is 12.2. The molecule has 0 atom stereocenters. The molecule has 0 radical (unpaired) electrons. The second-order valence-electron chi connectivity index (χ2n) is 8.00. The van der Waals surface area contributed by atoms with E-state index in [1.165, 1.54) is 12.1 Å². The predicted octanol–water partition coefficient (Wildman–Crippen LogP) is 2.90. The summed E-state index contributed by atoms with van der Waals surface area (Å²) >= 11 is 0. The summed E-state index contributed by atoms with van der Waals surface area (Å²) in [6, 6.07) is 4.31. The van der Waals surface area contributed by atoms with Crippen molar-refractivity contribution in [2.75, 3.05) is 24.6 Å². The molecule has 148 valence electrons. The van der Waals surface area contributed by atoms with Crippen molar-refractivity contribution < 1.29 is 19.2 Å². The van der Waals surface area contributed by atoms with E-state index < -0.39 is 28.9 Å². The van der Waals surface area contributed by atoms with Crippen molar-refractivity contribution in [1.29, 1.82) is 0 Å². The largest absolute Gasteiger partial charge is 0.452 e. The Morgan fingerprint density at radius 2 is 1.93 bits per heavy atom. The third kappa shape index (κ3) is 5.94. The van der Waals surface area contributed by atoms with E-state index in [0.29, 0.717) is 11.6 Å². The summed E-state index contributed by atoms with van der Waals surface area (Å²) in [4.78, 5) is 36.9. The average Bonchev–Trinajstić information content (AvgIpc) is 2.58. The Morgan fingerprint density at radius 3 is 2.48 bits per heavy atom. The fraction of sp³-hybridized carbons (Fsp3) is 0.579. The number of nitrogens with zero attached hydrogens (tertiary/aromatic N) is 2. The number of anilines is 1. The zero-order valence-corrected chi connectivity index (χ0v) is 16.3. The van der Waals surface area contributed by atoms with Crippen LogP contribution in [0.15, 0.2) is 18.2 Å². The fourth-order valence-electron chi connectivity index (χ4n) is 2.98. The first-order valence-electron chi connectivity index (χ1n) is 9.08. The van der Waals surface area contributed by atoms with E-state index in [1.807, 2.05) is 25.7 Å². The average molecular weight is 377 g/mol. The molecule has 1 aromatic rings. The second kappa shape index (κ2) is 8.37. The van der Waals surface area contributed by atoms with E-state index in [2.05, 4.69) is 12.2 Å². The van der Waals surface area contributed by atoms with E-state index in [-0.39, 0.29) is 11.3 Å². The van der Waals surface area contributed by atoms with Crippen LogP contribution in [0.3, 0.4) is 0 Å². The molecule has 1 aliphatic rings. The molecule has 1 aromatic carbocycles. The molecule has 1 saturated heterocycles. The number of hydrogen-bond acceptors (Lipinski definition) is 6. The zero-order valence-electron chi connectivity index (χ0n) is 16.3. The lowest BCUT2D eigenvalue weighted by atomic mass is 9.98. The third-order valence-electron chi connectivity index (χ3n) is 4.38. The smallest absolute Gasteiger partial charge is 0.338 e. The Labute approximate surface area is 159 Å². The minimum absolute atomic E-state index is 0.0550. The number of ether oxygens (including phenoxy) is 1. The number of rotatable bonds is 5. The number of nitro benzene ring substituents is 1. The Balaban J connectivity index is 2.09. The molecule has 1 heterocycles. The van der Waals surface area contributed by atoms with Crippen LogP contribution in [0.25, 0.3) is 0 Å². The summed E-state index contributed by atoms with van der Waals surface area (Å²) in [5, 5.41) is 14.2. The van der Waals surface area contributed by atoms with Crippen LogP contribution >= 0.6 is 0 Å². The number of nitro groups is 1. The Kier molecular flexibility index (Phi) is 6.41. The van der Waals surface area contributed by atoms with Gasteiger partial charge in [0.15, 0.2) is 6.61 Å². The third-order valence-corrected chi connectivity index (χ3v) is 4.38. The molecule has 1 N–H and O–H groups in total. The topological polar surface area (TPSA) is 102 Å². The molecule has 8 nitrogen and oxygen atoms in total.